The van der Waals surface area contributed by atoms with Gasteiger partial charge in [-0.2, -0.15) is 0 Å². The number of amides is 1. The van der Waals surface area contributed by atoms with E-state index in [1.165, 1.54) is 11.6 Å². The third-order valence-electron chi connectivity index (χ3n) is 3.69. The van der Waals surface area contributed by atoms with Crippen LogP contribution in [-0.4, -0.2) is 12.5 Å². The van der Waals surface area contributed by atoms with Gasteiger partial charge in [0.05, 0.1) is 16.9 Å². The molecule has 3 rings (SSSR count). The van der Waals surface area contributed by atoms with Crippen molar-refractivity contribution in [2.24, 2.45) is 0 Å². The summed E-state index contributed by atoms with van der Waals surface area (Å²) in [5.74, 6) is -0.923. The van der Waals surface area contributed by atoms with Gasteiger partial charge >= 0.3 is 0 Å². The van der Waals surface area contributed by atoms with Gasteiger partial charge in [-0.25, -0.2) is 4.39 Å². The fourth-order valence-electron chi connectivity index (χ4n) is 2.62. The Hall–Kier alpha value is -2.36. The Balaban J connectivity index is 1.90. The number of carbonyl (C=O) groups excluding carboxylic acids is 1. The lowest BCUT2D eigenvalue weighted by Crippen LogP contribution is -2.18. The van der Waals surface area contributed by atoms with E-state index >= 15 is 0 Å². The predicted octanol–water partition coefficient (Wildman–Crippen LogP) is 3.74. The van der Waals surface area contributed by atoms with Gasteiger partial charge in [0, 0.05) is 6.54 Å². The number of rotatable bonds is 2. The van der Waals surface area contributed by atoms with Gasteiger partial charge in [-0.3, -0.25) is 4.79 Å². The molecule has 108 valence electrons. The molecule has 1 aliphatic rings. The fourth-order valence-corrected chi connectivity index (χ4v) is 2.62. The molecular formula is C17H17FN2O. The highest BCUT2D eigenvalue weighted by atomic mass is 19.1. The number of nitrogens with one attached hydrogen (secondary N) is 2. The van der Waals surface area contributed by atoms with Crippen LogP contribution < -0.4 is 10.6 Å². The molecule has 0 bridgehead atoms. The van der Waals surface area contributed by atoms with Crippen LogP contribution in [0.3, 0.4) is 0 Å². The number of benzene rings is 2. The van der Waals surface area contributed by atoms with Crippen LogP contribution in [0.2, 0.25) is 0 Å². The molecule has 2 aromatic rings. The number of anilines is 2. The highest BCUT2D eigenvalue weighted by Gasteiger charge is 2.16. The zero-order chi connectivity index (χ0) is 14.8. The summed E-state index contributed by atoms with van der Waals surface area (Å²) in [5.41, 5.74) is 3.77. The quantitative estimate of drug-likeness (QED) is 0.882. The predicted molar refractivity (Wildman–Crippen MR) is 82.3 cm³/mol. The van der Waals surface area contributed by atoms with Crippen LogP contribution in [0.25, 0.3) is 0 Å². The SMILES string of the molecule is Cc1ccc(F)c(C(=O)Nc2cccc3c2NCCC3)c1. The number of hydrogen-bond acceptors (Lipinski definition) is 2. The lowest BCUT2D eigenvalue weighted by atomic mass is 10.0. The molecule has 0 spiro atoms. The van der Waals surface area contributed by atoms with Gasteiger partial charge in [-0.05, 0) is 43.5 Å². The first-order valence-corrected chi connectivity index (χ1v) is 7.08. The maximum Gasteiger partial charge on any atom is 0.258 e. The molecule has 0 unspecified atom stereocenters. The summed E-state index contributed by atoms with van der Waals surface area (Å²) in [7, 11) is 0. The van der Waals surface area contributed by atoms with Gasteiger partial charge in [-0.15, -0.1) is 0 Å². The molecular weight excluding hydrogens is 267 g/mol. The first-order valence-electron chi connectivity index (χ1n) is 7.08. The van der Waals surface area contributed by atoms with Crippen molar-refractivity contribution in [3.63, 3.8) is 0 Å². The minimum absolute atomic E-state index is 0.0726. The Morgan fingerprint density at radius 1 is 1.29 bits per heavy atom. The first kappa shape index (κ1) is 13.6. The van der Waals surface area contributed by atoms with Crippen LogP contribution in [0.5, 0.6) is 0 Å². The van der Waals surface area contributed by atoms with Crippen molar-refractivity contribution in [3.8, 4) is 0 Å². The number of aryl methyl sites for hydroxylation is 2. The number of halogens is 1. The summed E-state index contributed by atoms with van der Waals surface area (Å²) in [5, 5.41) is 6.12. The molecule has 1 heterocycles. The van der Waals surface area contributed by atoms with Crippen molar-refractivity contribution in [2.75, 3.05) is 17.2 Å². The minimum Gasteiger partial charge on any atom is -0.383 e. The maximum atomic E-state index is 13.8. The second kappa shape index (κ2) is 5.56. The van der Waals surface area contributed by atoms with E-state index in [1.807, 2.05) is 25.1 Å². The topological polar surface area (TPSA) is 41.1 Å². The number of hydrogen-bond donors (Lipinski definition) is 2. The van der Waals surface area contributed by atoms with Gasteiger partial charge < -0.3 is 10.6 Å². The van der Waals surface area contributed by atoms with Gasteiger partial charge in [0.15, 0.2) is 0 Å². The van der Waals surface area contributed by atoms with E-state index in [1.54, 1.807) is 12.1 Å². The summed E-state index contributed by atoms with van der Waals surface area (Å²) in [6, 6.07) is 10.3. The zero-order valence-electron chi connectivity index (χ0n) is 11.9. The third-order valence-corrected chi connectivity index (χ3v) is 3.69. The molecule has 1 amide bonds. The number of para-hydroxylation sites is 1. The molecule has 0 saturated carbocycles. The molecule has 1 aliphatic heterocycles. The van der Waals surface area contributed by atoms with E-state index in [2.05, 4.69) is 10.6 Å². The Morgan fingerprint density at radius 2 is 2.14 bits per heavy atom. The summed E-state index contributed by atoms with van der Waals surface area (Å²) in [6.45, 7) is 2.72. The molecule has 0 aromatic heterocycles. The van der Waals surface area contributed by atoms with E-state index in [0.717, 1.165) is 30.6 Å². The number of carbonyl (C=O) groups is 1. The first-order chi connectivity index (χ1) is 10.1. The normalized spacial score (nSPS) is 13.2. The van der Waals surface area contributed by atoms with E-state index in [4.69, 9.17) is 0 Å². The summed E-state index contributed by atoms with van der Waals surface area (Å²) >= 11 is 0. The molecule has 0 saturated heterocycles. The smallest absolute Gasteiger partial charge is 0.258 e. The Labute approximate surface area is 123 Å². The molecule has 21 heavy (non-hydrogen) atoms. The average Bonchev–Trinajstić information content (AvgIpc) is 2.50. The number of fused-ring (bicyclic) bond motifs is 1. The standard InChI is InChI=1S/C17H17FN2O/c1-11-7-8-14(18)13(10-11)17(21)20-15-6-2-4-12-5-3-9-19-16(12)15/h2,4,6-8,10,19H,3,5,9H2,1H3,(H,20,21). The van der Waals surface area contributed by atoms with Crippen LogP contribution in [0.1, 0.15) is 27.9 Å². The Morgan fingerprint density at radius 3 is 3.00 bits per heavy atom. The van der Waals surface area contributed by atoms with E-state index in [0.29, 0.717) is 5.69 Å². The van der Waals surface area contributed by atoms with Crippen molar-refractivity contribution in [1.29, 1.82) is 0 Å². The molecule has 2 aromatic carbocycles. The molecule has 0 atom stereocenters. The van der Waals surface area contributed by atoms with Gasteiger partial charge in [-0.1, -0.05) is 23.8 Å². The van der Waals surface area contributed by atoms with Crippen molar-refractivity contribution in [2.45, 2.75) is 19.8 Å². The maximum absolute atomic E-state index is 13.8. The average molecular weight is 284 g/mol. The summed E-state index contributed by atoms with van der Waals surface area (Å²) in [6.07, 6.45) is 2.07. The van der Waals surface area contributed by atoms with Gasteiger partial charge in [0.1, 0.15) is 5.82 Å². The highest BCUT2D eigenvalue weighted by molar-refractivity contribution is 6.06. The second-order valence-electron chi connectivity index (χ2n) is 5.31. The van der Waals surface area contributed by atoms with Gasteiger partial charge in [0.2, 0.25) is 0 Å². The second-order valence-corrected chi connectivity index (χ2v) is 5.31. The molecule has 0 fully saturated rings. The molecule has 0 radical (unpaired) electrons. The van der Waals surface area contributed by atoms with E-state index in [-0.39, 0.29) is 5.56 Å². The van der Waals surface area contributed by atoms with Crippen molar-refractivity contribution < 1.29 is 9.18 Å². The Kier molecular flexibility index (Phi) is 3.60. The zero-order valence-corrected chi connectivity index (χ0v) is 11.9. The fraction of sp³-hybridized carbons (Fsp3) is 0.235. The minimum atomic E-state index is -0.504. The van der Waals surface area contributed by atoms with Crippen LogP contribution in [0, 0.1) is 12.7 Å². The largest absolute Gasteiger partial charge is 0.383 e. The van der Waals surface area contributed by atoms with E-state index < -0.39 is 11.7 Å². The van der Waals surface area contributed by atoms with Crippen molar-refractivity contribution >= 4 is 17.3 Å². The van der Waals surface area contributed by atoms with Crippen LogP contribution in [0.15, 0.2) is 36.4 Å². The van der Waals surface area contributed by atoms with Gasteiger partial charge in [0.25, 0.3) is 5.91 Å². The lowest BCUT2D eigenvalue weighted by Gasteiger charge is -2.21. The van der Waals surface area contributed by atoms with Crippen LogP contribution >= 0.6 is 0 Å². The summed E-state index contributed by atoms with van der Waals surface area (Å²) < 4.78 is 13.8. The highest BCUT2D eigenvalue weighted by Crippen LogP contribution is 2.30. The van der Waals surface area contributed by atoms with E-state index in [9.17, 15) is 9.18 Å². The lowest BCUT2D eigenvalue weighted by molar-refractivity contribution is 0.102. The molecule has 0 aliphatic carbocycles. The molecule has 2 N–H and O–H groups in total. The Bertz CT molecular complexity index is 697. The monoisotopic (exact) mass is 284 g/mol. The van der Waals surface area contributed by atoms with Crippen LogP contribution in [-0.2, 0) is 6.42 Å². The van der Waals surface area contributed by atoms with Crippen LogP contribution in [0.4, 0.5) is 15.8 Å². The molecule has 4 heteroatoms. The third kappa shape index (κ3) is 2.75. The molecule has 3 nitrogen and oxygen atoms in total. The summed E-state index contributed by atoms with van der Waals surface area (Å²) in [4.78, 5) is 12.3. The van der Waals surface area contributed by atoms with Crippen molar-refractivity contribution in [1.82, 2.24) is 0 Å². The van der Waals surface area contributed by atoms with Crippen molar-refractivity contribution in [3.05, 3.63) is 58.9 Å².